The van der Waals surface area contributed by atoms with Crippen LogP contribution in [0.4, 0.5) is 0 Å². The van der Waals surface area contributed by atoms with E-state index in [1.165, 1.54) is 103 Å². The summed E-state index contributed by atoms with van der Waals surface area (Å²) in [6, 6.07) is 19.8. The van der Waals surface area contributed by atoms with Crippen molar-refractivity contribution in [3.63, 3.8) is 0 Å². The highest BCUT2D eigenvalue weighted by atomic mass is 32.2. The van der Waals surface area contributed by atoms with Crippen LogP contribution in [-0.2, 0) is 16.1 Å². The lowest BCUT2D eigenvalue weighted by atomic mass is 9.94. The quantitative estimate of drug-likeness (QED) is 0.0248. The topological polar surface area (TPSA) is 78.9 Å². The molecule has 3 atom stereocenters. The lowest BCUT2D eigenvalue weighted by Gasteiger charge is -2.18. The van der Waals surface area contributed by atoms with E-state index < -0.39 is 11.9 Å². The number of benzene rings is 3. The lowest BCUT2D eigenvalue weighted by molar-refractivity contribution is -0.150. The van der Waals surface area contributed by atoms with E-state index in [9.17, 15) is 14.4 Å². The van der Waals surface area contributed by atoms with Gasteiger partial charge in [0.1, 0.15) is 18.1 Å². The standard InChI is InChI=1S/C49H64O6S2/c1-3-5-7-9-11-13-15-17-31-56-43-26-21-38(22-27-43)47(50)54-42-25-30-46(41(35-42)36-53-49(52)45-34-37-19-20-40(45)33-37)55-48(51)39-23-28-44(29-24-39)57-32-18-16-14-12-10-8-6-4-2/h19-30,35,37,40,45H,3-18,31-34,36H2,1-2H3. The number of carbonyl (C=O) groups excluding carboxylic acids is 3. The number of thioether (sulfide) groups is 2. The monoisotopic (exact) mass is 812 g/mol. The largest absolute Gasteiger partial charge is 0.460 e. The van der Waals surface area contributed by atoms with Gasteiger partial charge in [0.2, 0.25) is 0 Å². The highest BCUT2D eigenvalue weighted by molar-refractivity contribution is 7.99. The van der Waals surface area contributed by atoms with Gasteiger partial charge in [0, 0.05) is 15.4 Å². The van der Waals surface area contributed by atoms with Crippen LogP contribution in [0.1, 0.15) is 156 Å². The minimum Gasteiger partial charge on any atom is -0.460 e. The maximum absolute atomic E-state index is 13.3. The van der Waals surface area contributed by atoms with Gasteiger partial charge in [-0.25, -0.2) is 9.59 Å². The van der Waals surface area contributed by atoms with Gasteiger partial charge in [-0.05, 0) is 116 Å². The number of hydrogen-bond acceptors (Lipinski definition) is 8. The predicted molar refractivity (Wildman–Crippen MR) is 235 cm³/mol. The summed E-state index contributed by atoms with van der Waals surface area (Å²) < 4.78 is 17.5. The van der Waals surface area contributed by atoms with E-state index in [4.69, 9.17) is 14.2 Å². The highest BCUT2D eigenvalue weighted by Gasteiger charge is 2.40. The van der Waals surface area contributed by atoms with Crippen molar-refractivity contribution in [3.8, 4) is 11.5 Å². The van der Waals surface area contributed by atoms with Crippen LogP contribution >= 0.6 is 23.5 Å². The Morgan fingerprint density at radius 1 is 0.579 bits per heavy atom. The molecule has 2 bridgehead atoms. The van der Waals surface area contributed by atoms with Crippen LogP contribution in [0.2, 0.25) is 0 Å². The molecule has 6 nitrogen and oxygen atoms in total. The number of carbonyl (C=O) groups is 3. The molecule has 1 saturated carbocycles. The van der Waals surface area contributed by atoms with E-state index in [-0.39, 0.29) is 35.9 Å². The average molecular weight is 813 g/mol. The van der Waals surface area contributed by atoms with E-state index >= 15 is 0 Å². The first-order valence-electron chi connectivity index (χ1n) is 21.8. The van der Waals surface area contributed by atoms with Crippen molar-refractivity contribution in [3.05, 3.63) is 95.6 Å². The number of rotatable bonds is 27. The molecule has 3 aromatic carbocycles. The van der Waals surface area contributed by atoms with Gasteiger partial charge >= 0.3 is 17.9 Å². The first kappa shape index (κ1) is 44.6. The van der Waals surface area contributed by atoms with Crippen molar-refractivity contribution in [2.75, 3.05) is 11.5 Å². The van der Waals surface area contributed by atoms with Crippen molar-refractivity contribution in [2.45, 2.75) is 146 Å². The zero-order valence-electron chi connectivity index (χ0n) is 34.4. The summed E-state index contributed by atoms with van der Waals surface area (Å²) >= 11 is 3.62. The summed E-state index contributed by atoms with van der Waals surface area (Å²) in [4.78, 5) is 41.9. The van der Waals surface area contributed by atoms with Crippen LogP contribution in [-0.4, -0.2) is 29.4 Å². The molecule has 0 radical (unpaired) electrons. The van der Waals surface area contributed by atoms with Gasteiger partial charge in [-0.15, -0.1) is 23.5 Å². The molecule has 0 heterocycles. The molecule has 308 valence electrons. The Labute approximate surface area is 350 Å². The van der Waals surface area contributed by atoms with Crippen molar-refractivity contribution < 1.29 is 28.6 Å². The molecule has 0 N–H and O–H groups in total. The molecule has 8 heteroatoms. The fourth-order valence-corrected chi connectivity index (χ4v) is 9.52. The summed E-state index contributed by atoms with van der Waals surface area (Å²) in [5, 5.41) is 0. The van der Waals surface area contributed by atoms with Gasteiger partial charge in [-0.1, -0.05) is 116 Å². The molecule has 2 aliphatic rings. The third-order valence-electron chi connectivity index (χ3n) is 11.1. The van der Waals surface area contributed by atoms with Gasteiger partial charge in [0.05, 0.1) is 17.0 Å². The Kier molecular flexibility index (Phi) is 19.6. The minimum absolute atomic E-state index is 0.108. The number of ether oxygens (including phenoxy) is 3. The van der Waals surface area contributed by atoms with Crippen LogP contribution < -0.4 is 9.47 Å². The first-order valence-corrected chi connectivity index (χ1v) is 23.8. The number of esters is 3. The Bertz CT molecular complexity index is 1700. The Morgan fingerprint density at radius 3 is 1.58 bits per heavy atom. The van der Waals surface area contributed by atoms with Crippen LogP contribution in [0.3, 0.4) is 0 Å². The van der Waals surface area contributed by atoms with E-state index in [1.807, 2.05) is 47.8 Å². The molecule has 0 aliphatic heterocycles. The number of allylic oxidation sites excluding steroid dienone is 2. The van der Waals surface area contributed by atoms with Crippen LogP contribution in [0.15, 0.2) is 88.7 Å². The van der Waals surface area contributed by atoms with Gasteiger partial charge < -0.3 is 14.2 Å². The van der Waals surface area contributed by atoms with Gasteiger partial charge in [-0.2, -0.15) is 0 Å². The van der Waals surface area contributed by atoms with E-state index in [0.717, 1.165) is 34.1 Å². The van der Waals surface area contributed by atoms with Crippen molar-refractivity contribution >= 4 is 41.4 Å². The van der Waals surface area contributed by atoms with Crippen LogP contribution in [0, 0.1) is 17.8 Å². The van der Waals surface area contributed by atoms with Gasteiger partial charge in [0.15, 0.2) is 0 Å². The third-order valence-corrected chi connectivity index (χ3v) is 13.3. The fraction of sp³-hybridized carbons (Fsp3) is 0.531. The Morgan fingerprint density at radius 2 is 1.09 bits per heavy atom. The Hall–Kier alpha value is -3.49. The van der Waals surface area contributed by atoms with Crippen molar-refractivity contribution in [2.24, 2.45) is 17.8 Å². The molecule has 1 fully saturated rings. The maximum Gasteiger partial charge on any atom is 0.343 e. The molecule has 5 rings (SSSR count). The summed E-state index contributed by atoms with van der Waals surface area (Å²) in [5.74, 6) is 1.87. The molecule has 3 aromatic rings. The van der Waals surface area contributed by atoms with E-state index in [1.54, 1.807) is 42.5 Å². The van der Waals surface area contributed by atoms with E-state index in [2.05, 4.69) is 26.0 Å². The maximum atomic E-state index is 13.3. The van der Waals surface area contributed by atoms with Gasteiger partial charge in [0.25, 0.3) is 0 Å². The first-order chi connectivity index (χ1) is 27.9. The predicted octanol–water partition coefficient (Wildman–Crippen LogP) is 13.8. The van der Waals surface area contributed by atoms with Crippen molar-refractivity contribution in [1.29, 1.82) is 0 Å². The Balaban J connectivity index is 1.13. The number of unbranched alkanes of at least 4 members (excludes halogenated alkanes) is 14. The molecule has 57 heavy (non-hydrogen) atoms. The normalized spacial score (nSPS) is 16.8. The zero-order valence-corrected chi connectivity index (χ0v) is 36.0. The summed E-state index contributed by atoms with van der Waals surface area (Å²) in [7, 11) is 0. The molecule has 0 spiro atoms. The number of hydrogen-bond donors (Lipinski definition) is 0. The second kappa shape index (κ2) is 25.1. The van der Waals surface area contributed by atoms with Crippen LogP contribution in [0.25, 0.3) is 0 Å². The molecule has 0 aromatic heterocycles. The second-order valence-corrected chi connectivity index (χ2v) is 18.1. The molecular formula is C49H64O6S2. The second-order valence-electron chi connectivity index (χ2n) is 15.7. The van der Waals surface area contributed by atoms with Crippen molar-refractivity contribution in [1.82, 2.24) is 0 Å². The highest BCUT2D eigenvalue weighted by Crippen LogP contribution is 2.44. The third kappa shape index (κ3) is 15.3. The summed E-state index contributed by atoms with van der Waals surface area (Å²) in [5.41, 5.74) is 1.32. The summed E-state index contributed by atoms with van der Waals surface area (Å²) in [6.45, 7) is 4.39. The van der Waals surface area contributed by atoms with Crippen LogP contribution in [0.5, 0.6) is 11.5 Å². The molecular weight excluding hydrogens is 749 g/mol. The molecule has 0 amide bonds. The van der Waals surface area contributed by atoms with E-state index in [0.29, 0.717) is 22.6 Å². The molecule has 3 unspecified atom stereocenters. The fourth-order valence-electron chi connectivity index (χ4n) is 7.69. The zero-order chi connectivity index (χ0) is 40.1. The van der Waals surface area contributed by atoms with Gasteiger partial charge in [-0.3, -0.25) is 4.79 Å². The lowest BCUT2D eigenvalue weighted by Crippen LogP contribution is -2.21. The number of fused-ring (bicyclic) bond motifs is 2. The minimum atomic E-state index is -0.509. The summed E-state index contributed by atoms with van der Waals surface area (Å²) in [6.07, 6.45) is 26.9. The molecule has 2 aliphatic carbocycles. The smallest absolute Gasteiger partial charge is 0.343 e. The molecule has 0 saturated heterocycles. The SMILES string of the molecule is CCCCCCCCCCSc1ccc(C(=O)Oc2ccc(OC(=O)c3ccc(SCCCCCCCCCC)cc3)c(COC(=O)C3CC4C=CC3C4)c2)cc1. The average Bonchev–Trinajstić information content (AvgIpc) is 3.87.